The Kier molecular flexibility index (Phi) is 8.35. The number of hydrogen-bond acceptors (Lipinski definition) is 5. The van der Waals surface area contributed by atoms with Crippen molar-refractivity contribution >= 4 is 27.3 Å². The van der Waals surface area contributed by atoms with E-state index in [2.05, 4.69) is 12.2 Å². The Morgan fingerprint density at radius 3 is 2.68 bits per heavy atom. The molecule has 2 heterocycles. The van der Waals surface area contributed by atoms with E-state index in [0.29, 0.717) is 26.2 Å². The van der Waals surface area contributed by atoms with E-state index < -0.39 is 10.0 Å². The fourth-order valence-corrected chi connectivity index (χ4v) is 5.55. The molecule has 142 valence electrons. The lowest BCUT2D eigenvalue weighted by Crippen LogP contribution is -2.36. The minimum absolute atomic E-state index is 0.135. The number of thiophene rings is 1. The highest BCUT2D eigenvalue weighted by atomic mass is 32.2. The Morgan fingerprint density at radius 2 is 1.96 bits per heavy atom. The van der Waals surface area contributed by atoms with Crippen molar-refractivity contribution in [1.29, 1.82) is 0 Å². The third-order valence-corrected chi connectivity index (χ3v) is 7.14. The number of hydrogen-bond donors (Lipinski definition) is 1. The molecule has 1 aliphatic rings. The Bertz CT molecular complexity index is 637. The van der Waals surface area contributed by atoms with Gasteiger partial charge in [0.05, 0.1) is 0 Å². The van der Waals surface area contributed by atoms with E-state index in [1.807, 2.05) is 0 Å². The zero-order chi connectivity index (χ0) is 18.1. The number of carbonyl (C=O) groups excluding carboxylic acids is 1. The third-order valence-electron chi connectivity index (χ3n) is 4.16. The average Bonchev–Trinajstić information content (AvgIpc) is 3.12. The molecular weight excluding hydrogens is 360 g/mol. The number of amides is 1. The first-order valence-corrected chi connectivity index (χ1v) is 11.3. The number of nitrogens with one attached hydrogen (secondary N) is 1. The monoisotopic (exact) mass is 388 g/mol. The highest BCUT2D eigenvalue weighted by molar-refractivity contribution is 7.89. The van der Waals surface area contributed by atoms with Crippen LogP contribution >= 0.6 is 11.3 Å². The maximum atomic E-state index is 12.8. The summed E-state index contributed by atoms with van der Waals surface area (Å²) in [5, 5.41) is 4.47. The Balaban J connectivity index is 1.88. The van der Waals surface area contributed by atoms with Gasteiger partial charge in [-0.15, -0.1) is 11.3 Å². The van der Waals surface area contributed by atoms with Crippen molar-refractivity contribution in [3.63, 3.8) is 0 Å². The van der Waals surface area contributed by atoms with Gasteiger partial charge >= 0.3 is 0 Å². The molecule has 0 saturated carbocycles. The molecule has 1 amide bonds. The number of carbonyl (C=O) groups is 1. The Morgan fingerprint density at radius 1 is 1.24 bits per heavy atom. The van der Waals surface area contributed by atoms with Gasteiger partial charge in [-0.1, -0.05) is 19.8 Å². The maximum absolute atomic E-state index is 12.8. The fraction of sp³-hybridized carbons (Fsp3) is 0.706. The van der Waals surface area contributed by atoms with Crippen LogP contribution in [0, 0.1) is 0 Å². The minimum Gasteiger partial charge on any atom is -0.381 e. The summed E-state index contributed by atoms with van der Waals surface area (Å²) in [4.78, 5) is 12.8. The smallest absolute Gasteiger partial charge is 0.262 e. The van der Waals surface area contributed by atoms with Crippen LogP contribution in [0.25, 0.3) is 0 Å². The van der Waals surface area contributed by atoms with Crippen molar-refractivity contribution in [1.82, 2.24) is 9.62 Å². The highest BCUT2D eigenvalue weighted by Crippen LogP contribution is 2.27. The normalized spacial score (nSPS) is 16.0. The molecule has 8 heteroatoms. The van der Waals surface area contributed by atoms with Gasteiger partial charge in [0, 0.05) is 32.8 Å². The number of piperidine rings is 1. The van der Waals surface area contributed by atoms with Crippen LogP contribution in [0.1, 0.15) is 55.1 Å². The summed E-state index contributed by atoms with van der Waals surface area (Å²) in [5.74, 6) is -0.320. The van der Waals surface area contributed by atoms with Crippen LogP contribution in [0.15, 0.2) is 16.3 Å². The van der Waals surface area contributed by atoms with E-state index in [1.165, 1.54) is 21.7 Å². The standard InChI is InChI=1S/C17H28N2O4S2/c1-2-3-12-23-13-7-9-18-17(20)16-15(8-14-24-16)25(21,22)19-10-5-4-6-11-19/h8,14H,2-7,9-13H2,1H3,(H,18,20). The fourth-order valence-electron chi connectivity index (χ4n) is 2.72. The maximum Gasteiger partial charge on any atom is 0.262 e. The van der Waals surface area contributed by atoms with Crippen molar-refractivity contribution in [3.05, 3.63) is 16.3 Å². The molecule has 1 fully saturated rings. The van der Waals surface area contributed by atoms with Gasteiger partial charge in [-0.3, -0.25) is 4.79 Å². The molecule has 0 unspecified atom stereocenters. The predicted octanol–water partition coefficient (Wildman–Crippen LogP) is 2.86. The number of rotatable bonds is 10. The van der Waals surface area contributed by atoms with E-state index in [-0.39, 0.29) is 15.7 Å². The lowest BCUT2D eigenvalue weighted by molar-refractivity contribution is 0.0941. The first kappa shape index (κ1) is 20.4. The molecule has 25 heavy (non-hydrogen) atoms. The quantitative estimate of drug-likeness (QED) is 0.625. The summed E-state index contributed by atoms with van der Waals surface area (Å²) in [6.07, 6.45) is 5.67. The van der Waals surface area contributed by atoms with E-state index in [1.54, 1.807) is 5.38 Å². The van der Waals surface area contributed by atoms with Crippen molar-refractivity contribution in [2.75, 3.05) is 32.8 Å². The van der Waals surface area contributed by atoms with Crippen LogP contribution in [-0.2, 0) is 14.8 Å². The second kappa shape index (κ2) is 10.3. The van der Waals surface area contributed by atoms with Crippen molar-refractivity contribution in [3.8, 4) is 0 Å². The number of ether oxygens (including phenoxy) is 1. The van der Waals surface area contributed by atoms with E-state index >= 15 is 0 Å². The molecule has 0 aromatic carbocycles. The van der Waals surface area contributed by atoms with Gasteiger partial charge < -0.3 is 10.1 Å². The zero-order valence-corrected chi connectivity index (χ0v) is 16.5. The van der Waals surface area contributed by atoms with Crippen molar-refractivity contribution in [2.24, 2.45) is 0 Å². The van der Waals surface area contributed by atoms with Crippen LogP contribution in [0.4, 0.5) is 0 Å². The average molecular weight is 389 g/mol. The first-order valence-electron chi connectivity index (χ1n) is 9.01. The van der Waals surface area contributed by atoms with E-state index in [4.69, 9.17) is 4.74 Å². The summed E-state index contributed by atoms with van der Waals surface area (Å²) in [5.41, 5.74) is 0. The van der Waals surface area contributed by atoms with E-state index in [9.17, 15) is 13.2 Å². The predicted molar refractivity (Wildman–Crippen MR) is 99.6 cm³/mol. The van der Waals surface area contributed by atoms with Gasteiger partial charge in [0.25, 0.3) is 5.91 Å². The van der Waals surface area contributed by atoms with Gasteiger partial charge in [0.1, 0.15) is 9.77 Å². The topological polar surface area (TPSA) is 75.7 Å². The van der Waals surface area contributed by atoms with Gasteiger partial charge in [-0.05, 0) is 37.1 Å². The van der Waals surface area contributed by atoms with Crippen LogP contribution in [0.3, 0.4) is 0 Å². The molecule has 1 aromatic heterocycles. The molecule has 0 aliphatic carbocycles. The third kappa shape index (κ3) is 5.77. The van der Waals surface area contributed by atoms with Gasteiger partial charge in [-0.25, -0.2) is 8.42 Å². The summed E-state index contributed by atoms with van der Waals surface area (Å²) in [7, 11) is -3.58. The summed E-state index contributed by atoms with van der Waals surface area (Å²) in [6.45, 7) is 5.01. The van der Waals surface area contributed by atoms with Crippen molar-refractivity contribution < 1.29 is 17.9 Å². The summed E-state index contributed by atoms with van der Waals surface area (Å²) < 4.78 is 32.5. The SMILES string of the molecule is CCCCOCCCNC(=O)c1sccc1S(=O)(=O)N1CCCCC1. The number of nitrogens with zero attached hydrogens (tertiary/aromatic N) is 1. The Hall–Kier alpha value is -0.960. The zero-order valence-electron chi connectivity index (χ0n) is 14.8. The molecule has 0 spiro atoms. The van der Waals surface area contributed by atoms with E-state index in [0.717, 1.165) is 45.1 Å². The molecule has 2 rings (SSSR count). The Labute approximate surface area is 154 Å². The molecule has 1 N–H and O–H groups in total. The summed E-state index contributed by atoms with van der Waals surface area (Å²) >= 11 is 1.17. The molecule has 0 atom stereocenters. The lowest BCUT2D eigenvalue weighted by atomic mass is 10.2. The minimum atomic E-state index is -3.58. The molecule has 0 bridgehead atoms. The number of unbranched alkanes of at least 4 members (excludes halogenated alkanes) is 1. The summed E-state index contributed by atoms with van der Waals surface area (Å²) in [6, 6.07) is 1.54. The lowest BCUT2D eigenvalue weighted by Gasteiger charge is -2.25. The molecule has 6 nitrogen and oxygen atoms in total. The largest absolute Gasteiger partial charge is 0.381 e. The van der Waals surface area contributed by atoms with Gasteiger partial charge in [0.15, 0.2) is 0 Å². The van der Waals surface area contributed by atoms with Crippen LogP contribution in [-0.4, -0.2) is 51.5 Å². The molecular formula is C17H28N2O4S2. The highest BCUT2D eigenvalue weighted by Gasteiger charge is 2.30. The molecule has 1 aliphatic heterocycles. The number of sulfonamides is 1. The molecule has 1 saturated heterocycles. The van der Waals surface area contributed by atoms with Crippen LogP contribution < -0.4 is 5.32 Å². The second-order valence-electron chi connectivity index (χ2n) is 6.15. The van der Waals surface area contributed by atoms with Gasteiger partial charge in [0.2, 0.25) is 10.0 Å². The van der Waals surface area contributed by atoms with Crippen molar-refractivity contribution in [2.45, 2.75) is 50.3 Å². The first-order chi connectivity index (χ1) is 12.1. The molecule has 1 aromatic rings. The van der Waals surface area contributed by atoms with Crippen LogP contribution in [0.5, 0.6) is 0 Å². The van der Waals surface area contributed by atoms with Gasteiger partial charge in [-0.2, -0.15) is 4.31 Å². The second-order valence-corrected chi connectivity index (χ2v) is 8.98. The van der Waals surface area contributed by atoms with Crippen LogP contribution in [0.2, 0.25) is 0 Å². The molecule has 0 radical (unpaired) electrons.